The normalized spacial score (nSPS) is 37.9. The molecular weight excluding hydrogens is 353 g/mol. The fraction of sp³-hybridized carbons (Fsp3) is 0.611. The van der Waals surface area contributed by atoms with Crippen LogP contribution in [-0.4, -0.2) is 10.8 Å². The number of hydrogen-bond acceptors (Lipinski definition) is 1. The molecule has 0 aromatic heterocycles. The first-order valence-corrected chi connectivity index (χ1v) is 9.42. The lowest BCUT2D eigenvalue weighted by Gasteiger charge is -2.59. The molecule has 0 aliphatic heterocycles. The van der Waals surface area contributed by atoms with Gasteiger partial charge in [0.2, 0.25) is 5.91 Å². The number of carbonyl (C=O) groups excluding carboxylic acids is 1. The maximum atomic E-state index is 13.0. The number of nitrogens with one attached hydrogen (secondary N) is 1. The van der Waals surface area contributed by atoms with Crippen LogP contribution in [0.2, 0.25) is 10.0 Å². The highest BCUT2D eigenvalue weighted by Gasteiger charge is 2.59. The van der Waals surface area contributed by atoms with Crippen LogP contribution in [0.25, 0.3) is 0 Å². The molecule has 2 nitrogen and oxygen atoms in total. The van der Waals surface area contributed by atoms with E-state index < -0.39 is 0 Å². The van der Waals surface area contributed by atoms with Gasteiger partial charge in [0.1, 0.15) is 0 Å². The van der Waals surface area contributed by atoms with Gasteiger partial charge in [-0.25, -0.2) is 0 Å². The number of benzene rings is 1. The van der Waals surface area contributed by atoms with Crippen LogP contribution in [0.15, 0.2) is 18.2 Å². The summed E-state index contributed by atoms with van der Waals surface area (Å²) in [4.78, 5) is 12.8. The van der Waals surface area contributed by atoms with Crippen molar-refractivity contribution < 1.29 is 4.79 Å². The third kappa shape index (κ3) is 2.88. The summed E-state index contributed by atoms with van der Waals surface area (Å²) in [6.45, 7) is 0.446. The largest absolute Gasteiger partial charge is 0.351 e. The SMILES string of the molecule is O=C(NCc1ccc(Cl)cc1Cl)C12C[C@@H]3C[C@@H](CC(Cl)(C3)C1)C2. The Morgan fingerprint density at radius 1 is 1.17 bits per heavy atom. The van der Waals surface area contributed by atoms with Gasteiger partial charge in [-0.15, -0.1) is 11.6 Å². The smallest absolute Gasteiger partial charge is 0.226 e. The molecule has 2 unspecified atom stereocenters. The lowest BCUT2D eigenvalue weighted by atomic mass is 9.49. The molecule has 4 saturated carbocycles. The number of halogens is 3. The number of alkyl halides is 1. The van der Waals surface area contributed by atoms with Crippen LogP contribution in [0.5, 0.6) is 0 Å². The summed E-state index contributed by atoms with van der Waals surface area (Å²) in [5.41, 5.74) is 0.639. The molecule has 1 N–H and O–H groups in total. The van der Waals surface area contributed by atoms with E-state index in [1.54, 1.807) is 12.1 Å². The number of carbonyl (C=O) groups is 1. The quantitative estimate of drug-likeness (QED) is 0.727. The second-order valence-corrected chi connectivity index (χ2v) is 9.46. The summed E-state index contributed by atoms with van der Waals surface area (Å²) < 4.78 is 0. The predicted molar refractivity (Wildman–Crippen MR) is 94.0 cm³/mol. The second-order valence-electron chi connectivity index (χ2n) is 7.81. The Balaban J connectivity index is 1.49. The lowest BCUT2D eigenvalue weighted by molar-refractivity contribution is -0.144. The standard InChI is InChI=1S/C18H20Cl3NO/c19-14-2-1-13(15(20)4-14)9-22-16(23)17-5-11-3-12(6-17)8-18(21,7-11)10-17/h1-2,4,11-12H,3,5-10H2,(H,22,23)/t11-,12+,17?,18?. The molecule has 4 atom stereocenters. The minimum Gasteiger partial charge on any atom is -0.351 e. The van der Waals surface area contributed by atoms with Gasteiger partial charge in [0.05, 0.1) is 5.41 Å². The van der Waals surface area contributed by atoms with Gasteiger partial charge in [-0.05, 0) is 68.1 Å². The van der Waals surface area contributed by atoms with E-state index in [1.165, 1.54) is 6.42 Å². The van der Waals surface area contributed by atoms with Crippen LogP contribution >= 0.6 is 34.8 Å². The zero-order valence-electron chi connectivity index (χ0n) is 12.9. The van der Waals surface area contributed by atoms with Crippen LogP contribution in [0.4, 0.5) is 0 Å². The molecule has 23 heavy (non-hydrogen) atoms. The van der Waals surface area contributed by atoms with Gasteiger partial charge >= 0.3 is 0 Å². The van der Waals surface area contributed by atoms with Gasteiger partial charge in [0.15, 0.2) is 0 Å². The lowest BCUT2D eigenvalue weighted by Crippen LogP contribution is -2.58. The van der Waals surface area contributed by atoms with E-state index in [0.29, 0.717) is 28.4 Å². The van der Waals surface area contributed by atoms with E-state index in [2.05, 4.69) is 5.32 Å². The molecule has 4 fully saturated rings. The van der Waals surface area contributed by atoms with E-state index in [1.807, 2.05) is 6.07 Å². The fourth-order valence-corrected chi connectivity index (χ4v) is 6.61. The Morgan fingerprint density at radius 3 is 2.48 bits per heavy atom. The maximum absolute atomic E-state index is 13.0. The molecule has 5 rings (SSSR count). The monoisotopic (exact) mass is 371 g/mol. The van der Waals surface area contributed by atoms with Gasteiger partial charge < -0.3 is 5.32 Å². The molecule has 4 aliphatic carbocycles. The van der Waals surface area contributed by atoms with Crippen molar-refractivity contribution in [2.45, 2.75) is 49.9 Å². The molecule has 0 radical (unpaired) electrons. The average Bonchev–Trinajstić information content (AvgIpc) is 2.43. The van der Waals surface area contributed by atoms with Gasteiger partial charge in [0, 0.05) is 21.5 Å². The number of amides is 1. The first-order valence-electron chi connectivity index (χ1n) is 8.29. The maximum Gasteiger partial charge on any atom is 0.226 e. The molecule has 0 spiro atoms. The van der Waals surface area contributed by atoms with Crippen LogP contribution in [0.3, 0.4) is 0 Å². The van der Waals surface area contributed by atoms with Crippen LogP contribution in [0.1, 0.15) is 44.1 Å². The van der Waals surface area contributed by atoms with E-state index in [4.69, 9.17) is 34.8 Å². The molecule has 0 saturated heterocycles. The van der Waals surface area contributed by atoms with Gasteiger partial charge in [-0.2, -0.15) is 0 Å². The highest BCUT2D eigenvalue weighted by Crippen LogP contribution is 2.63. The summed E-state index contributed by atoms with van der Waals surface area (Å²) in [6, 6.07) is 5.38. The van der Waals surface area contributed by atoms with E-state index in [0.717, 1.165) is 37.7 Å². The number of rotatable bonds is 3. The van der Waals surface area contributed by atoms with Crippen LogP contribution in [-0.2, 0) is 11.3 Å². The first-order chi connectivity index (χ1) is 10.9. The summed E-state index contributed by atoms with van der Waals surface area (Å²) in [6.07, 6.45) is 6.25. The van der Waals surface area contributed by atoms with Crippen molar-refractivity contribution in [2.75, 3.05) is 0 Å². The molecule has 4 bridgehead atoms. The Bertz CT molecular complexity index is 646. The van der Waals surface area contributed by atoms with Crippen molar-refractivity contribution in [3.8, 4) is 0 Å². The highest BCUT2D eigenvalue weighted by molar-refractivity contribution is 6.35. The molecular formula is C18H20Cl3NO. The third-order valence-corrected chi connectivity index (χ3v) is 6.96. The molecule has 1 aromatic carbocycles. The fourth-order valence-electron chi connectivity index (χ4n) is 5.44. The Kier molecular flexibility index (Phi) is 3.87. The summed E-state index contributed by atoms with van der Waals surface area (Å²) in [5.74, 6) is 1.40. The zero-order chi connectivity index (χ0) is 16.2. The molecule has 1 aromatic rings. The van der Waals surface area contributed by atoms with E-state index in [-0.39, 0.29) is 16.2 Å². The molecule has 1 amide bonds. The summed E-state index contributed by atoms with van der Waals surface area (Å²) in [7, 11) is 0. The summed E-state index contributed by atoms with van der Waals surface area (Å²) in [5, 5.41) is 4.31. The minimum atomic E-state index is -0.259. The third-order valence-electron chi connectivity index (χ3n) is 5.93. The van der Waals surface area contributed by atoms with E-state index >= 15 is 0 Å². The highest BCUT2D eigenvalue weighted by atomic mass is 35.5. The van der Waals surface area contributed by atoms with Gasteiger partial charge in [-0.3, -0.25) is 4.79 Å². The molecule has 0 heterocycles. The Hall–Kier alpha value is -0.440. The van der Waals surface area contributed by atoms with Crippen molar-refractivity contribution >= 4 is 40.7 Å². The van der Waals surface area contributed by atoms with E-state index in [9.17, 15) is 4.79 Å². The zero-order valence-corrected chi connectivity index (χ0v) is 15.1. The van der Waals surface area contributed by atoms with Crippen molar-refractivity contribution in [2.24, 2.45) is 17.3 Å². The molecule has 124 valence electrons. The number of hydrogen-bond donors (Lipinski definition) is 1. The predicted octanol–water partition coefficient (Wildman–Crippen LogP) is 5.19. The summed E-state index contributed by atoms with van der Waals surface area (Å²) >= 11 is 18.9. The van der Waals surface area contributed by atoms with Crippen molar-refractivity contribution in [1.82, 2.24) is 5.32 Å². The molecule has 5 heteroatoms. The first kappa shape index (κ1) is 16.1. The second kappa shape index (κ2) is 5.54. The average molecular weight is 373 g/mol. The van der Waals surface area contributed by atoms with Crippen molar-refractivity contribution in [3.05, 3.63) is 33.8 Å². The minimum absolute atomic E-state index is 0.140. The Morgan fingerprint density at radius 2 is 1.87 bits per heavy atom. The van der Waals surface area contributed by atoms with Crippen LogP contribution in [0, 0.1) is 17.3 Å². The Labute approximate surface area is 151 Å². The molecule has 4 aliphatic rings. The topological polar surface area (TPSA) is 29.1 Å². The van der Waals surface area contributed by atoms with Crippen molar-refractivity contribution in [3.63, 3.8) is 0 Å². The van der Waals surface area contributed by atoms with Crippen LogP contribution < -0.4 is 5.32 Å². The van der Waals surface area contributed by atoms with Crippen molar-refractivity contribution in [1.29, 1.82) is 0 Å². The van der Waals surface area contributed by atoms with Gasteiger partial charge in [0.25, 0.3) is 0 Å². The van der Waals surface area contributed by atoms with Gasteiger partial charge in [-0.1, -0.05) is 29.3 Å².